The Morgan fingerprint density at radius 1 is 0.411 bits per heavy atom. The third kappa shape index (κ3) is 21.6. The van der Waals surface area contributed by atoms with Gasteiger partial charge in [0, 0.05) is 6.42 Å². The third-order valence-electron chi connectivity index (χ3n) is 8.78. The second-order valence-electron chi connectivity index (χ2n) is 16.0. The molecule has 0 aliphatic heterocycles. The van der Waals surface area contributed by atoms with Crippen LogP contribution in [-0.2, 0) is 22.0 Å². The lowest BCUT2D eigenvalue weighted by molar-refractivity contribution is -0.137. The zero-order chi connectivity index (χ0) is 45.0. The predicted molar refractivity (Wildman–Crippen MR) is 205 cm³/mol. The first-order valence-electron chi connectivity index (χ1n) is 17.7. The molecule has 0 bridgehead atoms. The first-order valence-corrected chi connectivity index (χ1v) is 17.7. The highest BCUT2D eigenvalue weighted by Gasteiger charge is 2.29. The molecule has 0 fully saturated rings. The minimum atomic E-state index is -1.11. The summed E-state index contributed by atoms with van der Waals surface area (Å²) >= 11 is 0. The van der Waals surface area contributed by atoms with Crippen LogP contribution < -0.4 is 0 Å². The van der Waals surface area contributed by atoms with Gasteiger partial charge in [0.25, 0.3) is 0 Å². The van der Waals surface area contributed by atoms with Gasteiger partial charge in [-0.05, 0) is 33.9 Å². The van der Waals surface area contributed by atoms with E-state index in [1.54, 1.807) is 0 Å². The molecule has 0 aromatic heterocycles. The highest BCUT2D eigenvalue weighted by molar-refractivity contribution is 5.67. The van der Waals surface area contributed by atoms with Crippen LogP contribution in [0, 0.1) is 21.7 Å². The fourth-order valence-electron chi connectivity index (χ4n) is 3.43. The van der Waals surface area contributed by atoms with E-state index in [0.29, 0.717) is 12.2 Å². The predicted octanol–water partition coefficient (Wildman–Crippen LogP) is -4.23. The molecule has 56 heavy (non-hydrogen) atoms. The van der Waals surface area contributed by atoms with Crippen LogP contribution in [0.5, 0.6) is 5.75 Å². The van der Waals surface area contributed by atoms with Crippen LogP contribution in [0.25, 0.3) is 0 Å². The lowest BCUT2D eigenvalue weighted by Gasteiger charge is -2.28. The highest BCUT2D eigenvalue weighted by Crippen LogP contribution is 2.40. The average Bonchev–Trinajstić information content (AvgIpc) is 3.19. The van der Waals surface area contributed by atoms with Crippen LogP contribution in [0.3, 0.4) is 0 Å². The maximum absolute atomic E-state index is 10.8. The number of benzene rings is 1. The monoisotopic (exact) mass is 822 g/mol. The van der Waals surface area contributed by atoms with Crippen LogP contribution in [0.1, 0.15) is 64.7 Å². The maximum atomic E-state index is 10.8. The second kappa shape index (κ2) is 30.0. The number of carboxylic acids is 1. The molecular formula is C37H74O19. The standard InChI is InChI=1S/C17H26O3.4C5H12O4/c1-16(2,3)12-9-11(7-8-14(18)19)10-13(15(12)20)17(4,5)6;4*6-1-5(2-7,3-8)4-9/h9-10,20H,7-8H2,1-6H3,(H,18,19);4*6-9H,1-4H2. The molecule has 0 amide bonds. The Morgan fingerprint density at radius 3 is 0.696 bits per heavy atom. The van der Waals surface area contributed by atoms with Gasteiger partial charge in [-0.3, -0.25) is 4.79 Å². The van der Waals surface area contributed by atoms with Gasteiger partial charge in [0.2, 0.25) is 0 Å². The SMILES string of the molecule is CC(C)(C)c1cc(CCC(=O)O)cc(C(C)(C)C)c1O.OCC(CO)(CO)CO.OCC(CO)(CO)CO.OCC(CO)(CO)CO.OCC(CO)(CO)CO. The minimum Gasteiger partial charge on any atom is -0.507 e. The number of aryl methyl sites for hydroxylation is 1. The van der Waals surface area contributed by atoms with E-state index in [0.717, 1.165) is 16.7 Å². The Labute approximate surface area is 329 Å². The van der Waals surface area contributed by atoms with Crippen molar-refractivity contribution in [3.63, 3.8) is 0 Å². The molecule has 0 heterocycles. The minimum absolute atomic E-state index is 0.109. The van der Waals surface area contributed by atoms with E-state index in [4.69, 9.17) is 86.8 Å². The Balaban J connectivity index is -0.000000321. The number of carboxylic acid groups (broad SMARTS) is 1. The topological polar surface area (TPSA) is 381 Å². The number of carbonyl (C=O) groups is 1. The summed E-state index contributed by atoms with van der Waals surface area (Å²) in [7, 11) is 0. The van der Waals surface area contributed by atoms with Gasteiger partial charge in [-0.15, -0.1) is 0 Å². The number of hydrogen-bond acceptors (Lipinski definition) is 18. The van der Waals surface area contributed by atoms with Gasteiger partial charge in [-0.2, -0.15) is 0 Å². The Morgan fingerprint density at radius 2 is 0.589 bits per heavy atom. The summed E-state index contributed by atoms with van der Waals surface area (Å²) in [5.41, 5.74) is -2.07. The lowest BCUT2D eigenvalue weighted by Crippen LogP contribution is -2.37. The van der Waals surface area contributed by atoms with Crippen LogP contribution in [-0.4, -0.2) is 204 Å². The van der Waals surface area contributed by atoms with E-state index in [9.17, 15) is 9.90 Å². The zero-order valence-electron chi connectivity index (χ0n) is 33.8. The number of aromatic hydroxyl groups is 1. The Hall–Kier alpha value is -2.15. The summed E-state index contributed by atoms with van der Waals surface area (Å²) in [6.45, 7) is 5.81. The molecule has 19 heteroatoms. The average molecular weight is 823 g/mol. The van der Waals surface area contributed by atoms with Crippen molar-refractivity contribution in [3.05, 3.63) is 28.8 Å². The summed E-state index contributed by atoms with van der Waals surface area (Å²) in [6.07, 6.45) is 0.597. The molecule has 0 saturated carbocycles. The third-order valence-corrected chi connectivity index (χ3v) is 8.78. The smallest absolute Gasteiger partial charge is 0.303 e. The first-order chi connectivity index (χ1) is 25.9. The van der Waals surface area contributed by atoms with Gasteiger partial charge in [0.1, 0.15) is 5.75 Å². The van der Waals surface area contributed by atoms with E-state index in [-0.39, 0.29) is 17.3 Å². The molecule has 0 saturated heterocycles. The van der Waals surface area contributed by atoms with Gasteiger partial charge in [-0.1, -0.05) is 53.7 Å². The van der Waals surface area contributed by atoms with Crippen molar-refractivity contribution >= 4 is 5.97 Å². The first kappa shape index (κ1) is 60.5. The fraction of sp³-hybridized carbons (Fsp3) is 0.811. The van der Waals surface area contributed by atoms with E-state index >= 15 is 0 Å². The van der Waals surface area contributed by atoms with Gasteiger partial charge >= 0.3 is 5.97 Å². The number of hydrogen-bond donors (Lipinski definition) is 18. The van der Waals surface area contributed by atoms with Gasteiger partial charge in [-0.25, -0.2) is 0 Å². The molecule has 0 aliphatic rings. The molecule has 1 aromatic carbocycles. The van der Waals surface area contributed by atoms with Crippen molar-refractivity contribution < 1.29 is 96.7 Å². The molecule has 18 N–H and O–H groups in total. The van der Waals surface area contributed by atoms with Crippen LogP contribution in [0.2, 0.25) is 0 Å². The number of phenolic OH excluding ortho intramolecular Hbond substituents is 1. The number of aliphatic hydroxyl groups excluding tert-OH is 16. The normalized spacial score (nSPS) is 12.2. The number of aliphatic hydroxyl groups is 16. The van der Waals surface area contributed by atoms with E-state index in [1.165, 1.54) is 0 Å². The van der Waals surface area contributed by atoms with Crippen LogP contribution >= 0.6 is 0 Å². The molecule has 0 unspecified atom stereocenters. The van der Waals surface area contributed by atoms with Crippen LogP contribution in [0.4, 0.5) is 0 Å². The summed E-state index contributed by atoms with van der Waals surface area (Å²) < 4.78 is 0. The summed E-state index contributed by atoms with van der Waals surface area (Å²) in [5, 5.41) is 155. The number of phenols is 1. The van der Waals surface area contributed by atoms with Crippen molar-refractivity contribution in [3.8, 4) is 5.75 Å². The quantitative estimate of drug-likeness (QED) is 0.0628. The van der Waals surface area contributed by atoms with Crippen molar-refractivity contribution in [1.82, 2.24) is 0 Å². The molecule has 19 nitrogen and oxygen atoms in total. The maximum Gasteiger partial charge on any atom is 0.303 e. The zero-order valence-corrected chi connectivity index (χ0v) is 33.8. The molecule has 0 spiro atoms. The molecule has 1 aromatic rings. The molecule has 0 atom stereocenters. The van der Waals surface area contributed by atoms with Crippen molar-refractivity contribution in [1.29, 1.82) is 0 Å². The van der Waals surface area contributed by atoms with Gasteiger partial charge in [0.15, 0.2) is 0 Å². The van der Waals surface area contributed by atoms with E-state index in [2.05, 4.69) is 41.5 Å². The summed E-state index contributed by atoms with van der Waals surface area (Å²) in [5.74, 6) is -0.461. The number of aliphatic carboxylic acids is 1. The fourth-order valence-corrected chi connectivity index (χ4v) is 3.43. The summed E-state index contributed by atoms with van der Waals surface area (Å²) in [6, 6.07) is 3.88. The van der Waals surface area contributed by atoms with Gasteiger partial charge < -0.3 is 91.9 Å². The number of rotatable bonds is 19. The van der Waals surface area contributed by atoms with Crippen molar-refractivity contribution in [2.75, 3.05) is 106 Å². The molecule has 0 aliphatic carbocycles. The van der Waals surface area contributed by atoms with Crippen molar-refractivity contribution in [2.45, 2.75) is 65.2 Å². The second-order valence-corrected chi connectivity index (χ2v) is 16.0. The van der Waals surface area contributed by atoms with Crippen LogP contribution in [0.15, 0.2) is 12.1 Å². The van der Waals surface area contributed by atoms with Gasteiger partial charge in [0.05, 0.1) is 127 Å². The molecule has 336 valence electrons. The Bertz CT molecular complexity index is 933. The highest BCUT2D eigenvalue weighted by atomic mass is 16.4. The van der Waals surface area contributed by atoms with E-state index < -0.39 is 133 Å². The van der Waals surface area contributed by atoms with Crippen molar-refractivity contribution in [2.24, 2.45) is 21.7 Å². The Kier molecular flexibility index (Phi) is 32.4. The molecule has 0 radical (unpaired) electrons. The van der Waals surface area contributed by atoms with E-state index in [1.807, 2.05) is 12.1 Å². The molecule has 1 rings (SSSR count). The summed E-state index contributed by atoms with van der Waals surface area (Å²) in [4.78, 5) is 10.8. The molecular weight excluding hydrogens is 748 g/mol. The largest absolute Gasteiger partial charge is 0.507 e. The lowest BCUT2D eigenvalue weighted by atomic mass is 9.78.